The van der Waals surface area contributed by atoms with Gasteiger partial charge in [-0.2, -0.15) is 0 Å². The van der Waals surface area contributed by atoms with Crippen molar-refractivity contribution in [2.45, 2.75) is 56.2 Å². The molecule has 1 aliphatic rings. The molecule has 0 saturated carbocycles. The van der Waals surface area contributed by atoms with E-state index in [0.29, 0.717) is 34.2 Å². The number of nitrogens with zero attached hydrogens (tertiary/aromatic N) is 2. The molecule has 0 radical (unpaired) electrons. The normalized spacial score (nSPS) is 18.0. The summed E-state index contributed by atoms with van der Waals surface area (Å²) in [5.74, 6) is -0.0843. The average molecular weight is 410 g/mol. The summed E-state index contributed by atoms with van der Waals surface area (Å²) in [4.78, 5) is 29.9. The SMILES string of the molecule is CCCn1c(S[C@@H](C)C(=O)NC[C@@H]2CCCO2)nc2cc(Cl)ccc2c1=O. The van der Waals surface area contributed by atoms with Gasteiger partial charge >= 0.3 is 0 Å². The van der Waals surface area contributed by atoms with Gasteiger partial charge in [0.15, 0.2) is 5.16 Å². The van der Waals surface area contributed by atoms with E-state index >= 15 is 0 Å². The van der Waals surface area contributed by atoms with Crippen LogP contribution in [0.1, 0.15) is 33.1 Å². The fraction of sp³-hybridized carbons (Fsp3) is 0.526. The highest BCUT2D eigenvalue weighted by Crippen LogP contribution is 2.24. The largest absolute Gasteiger partial charge is 0.376 e. The van der Waals surface area contributed by atoms with E-state index in [-0.39, 0.29) is 22.8 Å². The van der Waals surface area contributed by atoms with Gasteiger partial charge in [-0.15, -0.1) is 0 Å². The van der Waals surface area contributed by atoms with E-state index < -0.39 is 0 Å². The van der Waals surface area contributed by atoms with Gasteiger partial charge in [0.05, 0.1) is 22.3 Å². The van der Waals surface area contributed by atoms with E-state index in [9.17, 15) is 9.59 Å². The number of benzene rings is 1. The van der Waals surface area contributed by atoms with Crippen molar-refractivity contribution in [3.05, 3.63) is 33.6 Å². The average Bonchev–Trinajstić information content (AvgIpc) is 3.16. The van der Waals surface area contributed by atoms with Gasteiger partial charge < -0.3 is 10.1 Å². The second-order valence-electron chi connectivity index (χ2n) is 6.65. The number of rotatable bonds is 7. The van der Waals surface area contributed by atoms with E-state index in [4.69, 9.17) is 16.3 Å². The third-order valence-electron chi connectivity index (χ3n) is 4.51. The minimum atomic E-state index is -0.377. The van der Waals surface area contributed by atoms with Crippen molar-refractivity contribution in [3.63, 3.8) is 0 Å². The second-order valence-corrected chi connectivity index (χ2v) is 8.40. The van der Waals surface area contributed by atoms with Crippen LogP contribution in [0.3, 0.4) is 0 Å². The summed E-state index contributed by atoms with van der Waals surface area (Å²) < 4.78 is 7.18. The van der Waals surface area contributed by atoms with Crippen molar-refractivity contribution in [2.75, 3.05) is 13.2 Å². The third-order valence-corrected chi connectivity index (χ3v) is 5.83. The Morgan fingerprint density at radius 1 is 1.52 bits per heavy atom. The zero-order valence-electron chi connectivity index (χ0n) is 15.5. The van der Waals surface area contributed by atoms with Crippen molar-refractivity contribution in [1.82, 2.24) is 14.9 Å². The molecule has 146 valence electrons. The van der Waals surface area contributed by atoms with E-state index in [1.54, 1.807) is 22.8 Å². The summed E-state index contributed by atoms with van der Waals surface area (Å²) >= 11 is 7.34. The number of nitrogens with one attached hydrogen (secondary N) is 1. The van der Waals surface area contributed by atoms with Crippen molar-refractivity contribution >= 4 is 40.2 Å². The van der Waals surface area contributed by atoms with Gasteiger partial charge in [-0.05, 0) is 44.4 Å². The number of hydrogen-bond acceptors (Lipinski definition) is 5. The second kappa shape index (κ2) is 9.08. The summed E-state index contributed by atoms with van der Waals surface area (Å²) in [5.41, 5.74) is 0.447. The number of carbonyl (C=O) groups is 1. The maximum atomic E-state index is 12.9. The zero-order valence-corrected chi connectivity index (χ0v) is 17.1. The lowest BCUT2D eigenvalue weighted by atomic mass is 10.2. The van der Waals surface area contributed by atoms with Crippen molar-refractivity contribution in [1.29, 1.82) is 0 Å². The summed E-state index contributed by atoms with van der Waals surface area (Å²) in [7, 11) is 0. The molecule has 1 aromatic carbocycles. The lowest BCUT2D eigenvalue weighted by Gasteiger charge is -2.17. The summed E-state index contributed by atoms with van der Waals surface area (Å²) in [5, 5.41) is 4.16. The van der Waals surface area contributed by atoms with E-state index in [1.807, 2.05) is 13.8 Å². The van der Waals surface area contributed by atoms with Crippen LogP contribution in [0.5, 0.6) is 0 Å². The molecule has 0 unspecified atom stereocenters. The Kier molecular flexibility index (Phi) is 6.78. The minimum Gasteiger partial charge on any atom is -0.376 e. The quantitative estimate of drug-likeness (QED) is 0.561. The van der Waals surface area contributed by atoms with Crippen LogP contribution in [0.25, 0.3) is 10.9 Å². The first-order valence-corrected chi connectivity index (χ1v) is 10.5. The molecule has 3 rings (SSSR count). The van der Waals surface area contributed by atoms with E-state index in [1.165, 1.54) is 11.8 Å². The highest BCUT2D eigenvalue weighted by atomic mass is 35.5. The molecule has 6 nitrogen and oxygen atoms in total. The first-order valence-electron chi connectivity index (χ1n) is 9.25. The molecular formula is C19H24ClN3O3S. The zero-order chi connectivity index (χ0) is 19.4. The van der Waals surface area contributed by atoms with Crippen LogP contribution in [0.15, 0.2) is 28.2 Å². The van der Waals surface area contributed by atoms with Crippen LogP contribution < -0.4 is 10.9 Å². The maximum absolute atomic E-state index is 12.9. The van der Waals surface area contributed by atoms with Crippen LogP contribution in [0.4, 0.5) is 0 Å². The fourth-order valence-electron chi connectivity index (χ4n) is 3.06. The lowest BCUT2D eigenvalue weighted by molar-refractivity contribution is -0.120. The first kappa shape index (κ1) is 20.2. The predicted octanol–water partition coefficient (Wildman–Crippen LogP) is 3.24. The molecule has 0 bridgehead atoms. The van der Waals surface area contributed by atoms with Gasteiger partial charge in [0, 0.05) is 24.7 Å². The van der Waals surface area contributed by atoms with Gasteiger partial charge in [-0.3, -0.25) is 14.2 Å². The van der Waals surface area contributed by atoms with Gasteiger partial charge in [0.25, 0.3) is 5.56 Å². The Morgan fingerprint density at radius 3 is 3.04 bits per heavy atom. The summed E-state index contributed by atoms with van der Waals surface area (Å²) in [6.07, 6.45) is 2.92. The maximum Gasteiger partial charge on any atom is 0.262 e. The topological polar surface area (TPSA) is 73.2 Å². The third kappa shape index (κ3) is 4.83. The predicted molar refractivity (Wildman–Crippen MR) is 109 cm³/mol. The standard InChI is InChI=1S/C19H24ClN3O3S/c1-3-8-23-18(25)15-7-6-13(20)10-16(15)22-19(23)27-12(2)17(24)21-11-14-5-4-9-26-14/h6-7,10,12,14H,3-5,8-9,11H2,1-2H3,(H,21,24)/t12-,14-/m0/s1. The molecule has 1 aliphatic heterocycles. The molecule has 1 N–H and O–H groups in total. The highest BCUT2D eigenvalue weighted by molar-refractivity contribution is 8.00. The number of hydrogen-bond donors (Lipinski definition) is 1. The lowest BCUT2D eigenvalue weighted by Crippen LogP contribution is -2.37. The number of amides is 1. The Bertz CT molecular complexity index is 880. The van der Waals surface area contributed by atoms with Gasteiger partial charge in [0.2, 0.25) is 5.91 Å². The number of halogens is 1. The molecule has 0 spiro atoms. The van der Waals surface area contributed by atoms with E-state index in [2.05, 4.69) is 10.3 Å². The molecule has 2 atom stereocenters. The van der Waals surface area contributed by atoms with Gasteiger partial charge in [0.1, 0.15) is 0 Å². The van der Waals surface area contributed by atoms with Crippen LogP contribution in [0, 0.1) is 0 Å². The number of fused-ring (bicyclic) bond motifs is 1. The molecular weight excluding hydrogens is 386 g/mol. The van der Waals surface area contributed by atoms with Gasteiger partial charge in [-0.1, -0.05) is 30.3 Å². The molecule has 8 heteroatoms. The summed E-state index contributed by atoms with van der Waals surface area (Å²) in [6, 6.07) is 5.07. The molecule has 2 aromatic rings. The number of ether oxygens (including phenoxy) is 1. The van der Waals surface area contributed by atoms with Crippen LogP contribution in [-0.2, 0) is 16.1 Å². The number of carbonyl (C=O) groups excluding carboxylic acids is 1. The van der Waals surface area contributed by atoms with Crippen molar-refractivity contribution in [3.8, 4) is 0 Å². The highest BCUT2D eigenvalue weighted by Gasteiger charge is 2.21. The molecule has 1 amide bonds. The smallest absolute Gasteiger partial charge is 0.262 e. The van der Waals surface area contributed by atoms with Crippen LogP contribution in [-0.4, -0.2) is 40.0 Å². The Hall–Kier alpha value is -1.57. The number of thioether (sulfide) groups is 1. The fourth-order valence-corrected chi connectivity index (χ4v) is 4.19. The molecule has 27 heavy (non-hydrogen) atoms. The Labute approximate surface area is 167 Å². The Morgan fingerprint density at radius 2 is 2.33 bits per heavy atom. The molecule has 1 saturated heterocycles. The Balaban J connectivity index is 1.80. The summed E-state index contributed by atoms with van der Waals surface area (Å²) in [6.45, 7) is 5.66. The van der Waals surface area contributed by atoms with Crippen molar-refractivity contribution in [2.24, 2.45) is 0 Å². The minimum absolute atomic E-state index is 0.0843. The molecule has 1 aromatic heterocycles. The molecule has 1 fully saturated rings. The van der Waals surface area contributed by atoms with E-state index in [0.717, 1.165) is 25.9 Å². The monoisotopic (exact) mass is 409 g/mol. The number of aromatic nitrogens is 2. The van der Waals surface area contributed by atoms with Crippen LogP contribution in [0.2, 0.25) is 5.02 Å². The molecule has 2 heterocycles. The van der Waals surface area contributed by atoms with Crippen LogP contribution >= 0.6 is 23.4 Å². The molecule has 0 aliphatic carbocycles. The van der Waals surface area contributed by atoms with Gasteiger partial charge in [-0.25, -0.2) is 4.98 Å². The first-order chi connectivity index (χ1) is 13.0. The van der Waals surface area contributed by atoms with Crippen molar-refractivity contribution < 1.29 is 9.53 Å².